The normalized spacial score (nSPS) is 11.1. The standard InChI is InChI=1S/C18H22N2O5/c1-11-16(14(20-25-11)10-15(21)23-5)12-8-6-7-9-13(12)19-17(22)24-18(2,3)4/h6-9H,10H2,1-5H3,(H,19,22). The van der Waals surface area contributed by atoms with E-state index in [2.05, 4.69) is 10.5 Å². The predicted octanol–water partition coefficient (Wildman–Crippen LogP) is 3.71. The average Bonchev–Trinajstić information content (AvgIpc) is 2.86. The number of hydrogen-bond acceptors (Lipinski definition) is 6. The number of carbonyl (C=O) groups excluding carboxylic acids is 2. The molecular formula is C18H22N2O5. The number of nitrogens with one attached hydrogen (secondary N) is 1. The smallest absolute Gasteiger partial charge is 0.412 e. The topological polar surface area (TPSA) is 90.7 Å². The first-order valence-electron chi connectivity index (χ1n) is 7.82. The summed E-state index contributed by atoms with van der Waals surface area (Å²) in [7, 11) is 1.31. The molecule has 0 aliphatic heterocycles. The molecule has 1 aromatic carbocycles. The lowest BCUT2D eigenvalue weighted by Gasteiger charge is -2.20. The summed E-state index contributed by atoms with van der Waals surface area (Å²) >= 11 is 0. The van der Waals surface area contributed by atoms with Crippen LogP contribution in [0, 0.1) is 6.92 Å². The molecule has 2 rings (SSSR count). The number of anilines is 1. The Labute approximate surface area is 146 Å². The van der Waals surface area contributed by atoms with Gasteiger partial charge in [0.25, 0.3) is 0 Å². The van der Waals surface area contributed by atoms with E-state index in [4.69, 9.17) is 14.0 Å². The number of benzene rings is 1. The van der Waals surface area contributed by atoms with Gasteiger partial charge in [0, 0.05) is 5.56 Å². The van der Waals surface area contributed by atoms with Gasteiger partial charge in [0.15, 0.2) is 0 Å². The fourth-order valence-electron chi connectivity index (χ4n) is 2.32. The van der Waals surface area contributed by atoms with Crippen LogP contribution in [0.3, 0.4) is 0 Å². The molecule has 0 radical (unpaired) electrons. The Morgan fingerprint density at radius 3 is 2.56 bits per heavy atom. The largest absolute Gasteiger partial charge is 0.469 e. The lowest BCUT2D eigenvalue weighted by molar-refractivity contribution is -0.139. The van der Waals surface area contributed by atoms with Crippen molar-refractivity contribution in [1.82, 2.24) is 5.16 Å². The maximum atomic E-state index is 12.1. The molecule has 0 aliphatic rings. The molecular weight excluding hydrogens is 324 g/mol. The second-order valence-electron chi connectivity index (χ2n) is 6.49. The van der Waals surface area contributed by atoms with Gasteiger partial charge in [-0.2, -0.15) is 0 Å². The maximum absolute atomic E-state index is 12.1. The molecule has 0 bridgehead atoms. The van der Waals surface area contributed by atoms with Crippen molar-refractivity contribution < 1.29 is 23.6 Å². The van der Waals surface area contributed by atoms with Crippen molar-refractivity contribution in [3.05, 3.63) is 35.7 Å². The summed E-state index contributed by atoms with van der Waals surface area (Å²) in [6, 6.07) is 7.17. The molecule has 1 aromatic heterocycles. The fourth-order valence-corrected chi connectivity index (χ4v) is 2.32. The summed E-state index contributed by atoms with van der Waals surface area (Å²) in [6.45, 7) is 7.11. The summed E-state index contributed by atoms with van der Waals surface area (Å²) in [6.07, 6.45) is -0.590. The Morgan fingerprint density at radius 2 is 1.92 bits per heavy atom. The minimum atomic E-state index is -0.609. The minimum Gasteiger partial charge on any atom is -0.469 e. The van der Waals surface area contributed by atoms with Gasteiger partial charge >= 0.3 is 12.1 Å². The van der Waals surface area contributed by atoms with E-state index in [0.29, 0.717) is 28.3 Å². The van der Waals surface area contributed by atoms with E-state index in [1.165, 1.54) is 7.11 Å². The SMILES string of the molecule is COC(=O)Cc1noc(C)c1-c1ccccc1NC(=O)OC(C)(C)C. The van der Waals surface area contributed by atoms with Crippen molar-refractivity contribution in [1.29, 1.82) is 0 Å². The number of rotatable bonds is 4. The number of hydrogen-bond donors (Lipinski definition) is 1. The van der Waals surface area contributed by atoms with E-state index in [9.17, 15) is 9.59 Å². The third-order valence-electron chi connectivity index (χ3n) is 3.30. The van der Waals surface area contributed by atoms with Crippen LogP contribution in [-0.2, 0) is 20.7 Å². The monoisotopic (exact) mass is 346 g/mol. The zero-order chi connectivity index (χ0) is 18.6. The van der Waals surface area contributed by atoms with Crippen molar-refractivity contribution >= 4 is 17.7 Å². The first-order chi connectivity index (χ1) is 11.7. The Hall–Kier alpha value is -2.83. The molecule has 0 saturated carbocycles. The van der Waals surface area contributed by atoms with E-state index in [1.54, 1.807) is 39.8 Å². The highest BCUT2D eigenvalue weighted by Crippen LogP contribution is 2.33. The van der Waals surface area contributed by atoms with Gasteiger partial charge in [0.2, 0.25) is 0 Å². The van der Waals surface area contributed by atoms with Gasteiger partial charge in [-0.3, -0.25) is 10.1 Å². The molecule has 0 saturated heterocycles. The fraction of sp³-hybridized carbons (Fsp3) is 0.389. The number of ether oxygens (including phenoxy) is 2. The lowest BCUT2D eigenvalue weighted by atomic mass is 10.0. The van der Waals surface area contributed by atoms with Crippen molar-refractivity contribution in [3.63, 3.8) is 0 Å². The predicted molar refractivity (Wildman–Crippen MR) is 92.3 cm³/mol. The third-order valence-corrected chi connectivity index (χ3v) is 3.30. The van der Waals surface area contributed by atoms with Crippen molar-refractivity contribution in [2.24, 2.45) is 0 Å². The first kappa shape index (κ1) is 18.5. The van der Waals surface area contributed by atoms with E-state index in [-0.39, 0.29) is 6.42 Å². The van der Waals surface area contributed by atoms with Crippen LogP contribution < -0.4 is 5.32 Å². The number of esters is 1. The van der Waals surface area contributed by atoms with Crippen molar-refractivity contribution in [2.75, 3.05) is 12.4 Å². The molecule has 25 heavy (non-hydrogen) atoms. The molecule has 134 valence electrons. The van der Waals surface area contributed by atoms with Gasteiger partial charge in [-0.1, -0.05) is 23.4 Å². The Morgan fingerprint density at radius 1 is 1.24 bits per heavy atom. The third kappa shape index (κ3) is 4.82. The highest BCUT2D eigenvalue weighted by Gasteiger charge is 2.22. The molecule has 2 aromatic rings. The van der Waals surface area contributed by atoms with E-state index in [0.717, 1.165) is 0 Å². The molecule has 7 nitrogen and oxygen atoms in total. The molecule has 0 spiro atoms. The summed E-state index contributed by atoms with van der Waals surface area (Å²) in [5.74, 6) is 0.115. The quantitative estimate of drug-likeness (QED) is 0.849. The van der Waals surface area contributed by atoms with Crippen molar-refractivity contribution in [2.45, 2.75) is 39.7 Å². The van der Waals surface area contributed by atoms with Crippen LogP contribution in [0.25, 0.3) is 11.1 Å². The van der Waals surface area contributed by atoms with E-state index < -0.39 is 17.7 Å². The molecule has 1 amide bonds. The van der Waals surface area contributed by atoms with Crippen LogP contribution in [0.2, 0.25) is 0 Å². The number of amides is 1. The summed E-state index contributed by atoms with van der Waals surface area (Å²) in [5.41, 5.74) is 1.71. The molecule has 1 heterocycles. The Kier molecular flexibility index (Phi) is 5.46. The van der Waals surface area contributed by atoms with Gasteiger partial charge < -0.3 is 14.0 Å². The van der Waals surface area contributed by atoms with Gasteiger partial charge in [0.1, 0.15) is 17.1 Å². The number of para-hydroxylation sites is 1. The van der Waals surface area contributed by atoms with Crippen LogP contribution in [0.1, 0.15) is 32.2 Å². The second-order valence-corrected chi connectivity index (χ2v) is 6.49. The zero-order valence-corrected chi connectivity index (χ0v) is 15.0. The number of carbonyl (C=O) groups is 2. The van der Waals surface area contributed by atoms with Gasteiger partial charge in [-0.25, -0.2) is 4.79 Å². The zero-order valence-electron chi connectivity index (χ0n) is 15.0. The summed E-state index contributed by atoms with van der Waals surface area (Å²) in [5, 5.41) is 6.67. The Balaban J connectivity index is 2.37. The highest BCUT2D eigenvalue weighted by molar-refractivity contribution is 5.93. The molecule has 0 aliphatic carbocycles. The van der Waals surface area contributed by atoms with Crippen LogP contribution in [0.4, 0.5) is 10.5 Å². The highest BCUT2D eigenvalue weighted by atomic mass is 16.6. The van der Waals surface area contributed by atoms with Crippen molar-refractivity contribution in [3.8, 4) is 11.1 Å². The molecule has 0 atom stereocenters. The van der Waals surface area contributed by atoms with E-state index >= 15 is 0 Å². The number of methoxy groups -OCH3 is 1. The van der Waals surface area contributed by atoms with Gasteiger partial charge in [0.05, 0.1) is 24.8 Å². The van der Waals surface area contributed by atoms with Crippen LogP contribution in [0.5, 0.6) is 0 Å². The Bertz CT molecular complexity index is 774. The molecule has 1 N–H and O–H groups in total. The van der Waals surface area contributed by atoms with Crippen LogP contribution in [0.15, 0.2) is 28.8 Å². The van der Waals surface area contributed by atoms with Gasteiger partial charge in [-0.05, 0) is 33.8 Å². The molecule has 0 unspecified atom stereocenters. The van der Waals surface area contributed by atoms with Gasteiger partial charge in [-0.15, -0.1) is 0 Å². The summed E-state index contributed by atoms with van der Waals surface area (Å²) in [4.78, 5) is 23.7. The van der Waals surface area contributed by atoms with E-state index in [1.807, 2.05) is 12.1 Å². The first-order valence-corrected chi connectivity index (χ1v) is 7.82. The number of aryl methyl sites for hydroxylation is 1. The van der Waals surface area contributed by atoms with Crippen LogP contribution in [-0.4, -0.2) is 29.9 Å². The minimum absolute atomic E-state index is 0.0239. The average molecular weight is 346 g/mol. The summed E-state index contributed by atoms with van der Waals surface area (Å²) < 4.78 is 15.2. The lowest BCUT2D eigenvalue weighted by Crippen LogP contribution is -2.27. The molecule has 7 heteroatoms. The maximum Gasteiger partial charge on any atom is 0.412 e. The number of nitrogens with zero attached hydrogens (tertiary/aromatic N) is 1. The second kappa shape index (κ2) is 7.38. The van der Waals surface area contributed by atoms with Crippen LogP contribution >= 0.6 is 0 Å². The molecule has 0 fully saturated rings. The number of aromatic nitrogens is 1.